The maximum atomic E-state index is 11.9. The fraction of sp³-hybridized carbons (Fsp3) is 0.917. The molecule has 1 saturated heterocycles. The Bertz CT molecular complexity index is 250. The predicted octanol–water partition coefficient (Wildman–Crippen LogP) is 2.15. The molecule has 0 aromatic rings. The first-order valence-electron chi connectivity index (χ1n) is 5.87. The van der Waals surface area contributed by atoms with Gasteiger partial charge in [-0.1, -0.05) is 0 Å². The lowest BCUT2D eigenvalue weighted by atomic mass is 10.1. The quantitative estimate of drug-likeness (QED) is 0.697. The van der Waals surface area contributed by atoms with Crippen LogP contribution in [-0.4, -0.2) is 46.6 Å². The molecule has 0 aromatic heterocycles. The molecule has 0 bridgehead atoms. The molecule has 0 N–H and O–H groups in total. The van der Waals surface area contributed by atoms with Crippen LogP contribution in [0.4, 0.5) is 0 Å². The Balaban J connectivity index is 2.55. The molecular weight excluding hydrogens is 222 g/mol. The first-order valence-corrected chi connectivity index (χ1v) is 7.03. The van der Waals surface area contributed by atoms with Gasteiger partial charge in [-0.3, -0.25) is 9.69 Å². The average molecular weight is 245 g/mol. The predicted molar refractivity (Wildman–Crippen MR) is 68.8 cm³/mol. The lowest BCUT2D eigenvalue weighted by molar-refractivity contribution is -0.161. The van der Waals surface area contributed by atoms with Crippen molar-refractivity contribution in [1.82, 2.24) is 4.90 Å². The van der Waals surface area contributed by atoms with Crippen molar-refractivity contribution in [2.45, 2.75) is 52.3 Å². The van der Waals surface area contributed by atoms with E-state index in [0.717, 1.165) is 18.1 Å². The van der Waals surface area contributed by atoms with Gasteiger partial charge in [0.2, 0.25) is 0 Å². The van der Waals surface area contributed by atoms with Gasteiger partial charge in [0.05, 0.1) is 0 Å². The number of carbonyl (C=O) groups is 1. The number of esters is 1. The van der Waals surface area contributed by atoms with E-state index in [1.807, 2.05) is 39.5 Å². The zero-order valence-electron chi connectivity index (χ0n) is 10.9. The zero-order chi connectivity index (χ0) is 12.3. The zero-order valence-corrected chi connectivity index (χ0v) is 11.8. The van der Waals surface area contributed by atoms with E-state index in [-0.39, 0.29) is 17.6 Å². The topological polar surface area (TPSA) is 29.5 Å². The van der Waals surface area contributed by atoms with Crippen LogP contribution in [0.3, 0.4) is 0 Å². The van der Waals surface area contributed by atoms with Crippen molar-refractivity contribution in [3.05, 3.63) is 0 Å². The first-order chi connectivity index (χ1) is 7.31. The van der Waals surface area contributed by atoms with Gasteiger partial charge in [-0.05, 0) is 34.6 Å². The Labute approximate surface area is 103 Å². The maximum Gasteiger partial charge on any atom is 0.323 e. The monoisotopic (exact) mass is 245 g/mol. The third kappa shape index (κ3) is 3.98. The molecule has 0 aromatic carbocycles. The van der Waals surface area contributed by atoms with Crippen molar-refractivity contribution in [2.75, 3.05) is 18.1 Å². The van der Waals surface area contributed by atoms with Gasteiger partial charge in [0.15, 0.2) is 0 Å². The summed E-state index contributed by atoms with van der Waals surface area (Å²) in [6.45, 7) is 10.8. The second kappa shape index (κ2) is 5.41. The summed E-state index contributed by atoms with van der Waals surface area (Å²) in [6.07, 6.45) is 0. The van der Waals surface area contributed by atoms with E-state index in [2.05, 4.69) is 11.8 Å². The third-order valence-corrected chi connectivity index (χ3v) is 3.85. The fourth-order valence-corrected chi connectivity index (χ4v) is 2.88. The normalized spacial score (nSPS) is 25.2. The maximum absolute atomic E-state index is 11.9. The van der Waals surface area contributed by atoms with E-state index in [9.17, 15) is 4.79 Å². The molecule has 1 fully saturated rings. The SMILES string of the molecule is CC1CSCCN1C(C)C(=O)OC(C)(C)C. The Morgan fingerprint density at radius 3 is 2.62 bits per heavy atom. The Morgan fingerprint density at radius 1 is 1.50 bits per heavy atom. The van der Waals surface area contributed by atoms with Gasteiger partial charge >= 0.3 is 5.97 Å². The van der Waals surface area contributed by atoms with Crippen molar-refractivity contribution in [3.8, 4) is 0 Å². The second-order valence-electron chi connectivity index (χ2n) is 5.37. The van der Waals surface area contributed by atoms with Crippen LogP contribution >= 0.6 is 11.8 Å². The highest BCUT2D eigenvalue weighted by Crippen LogP contribution is 2.20. The van der Waals surface area contributed by atoms with E-state index in [4.69, 9.17) is 4.74 Å². The van der Waals surface area contributed by atoms with E-state index in [1.54, 1.807) is 0 Å². The highest BCUT2D eigenvalue weighted by Gasteiger charge is 2.30. The van der Waals surface area contributed by atoms with E-state index in [1.165, 1.54) is 0 Å². The Morgan fingerprint density at radius 2 is 2.12 bits per heavy atom. The Kier molecular flexibility index (Phi) is 4.68. The molecule has 1 aliphatic heterocycles. The highest BCUT2D eigenvalue weighted by atomic mass is 32.2. The summed E-state index contributed by atoms with van der Waals surface area (Å²) >= 11 is 1.96. The average Bonchev–Trinajstić information content (AvgIpc) is 2.15. The fourth-order valence-electron chi connectivity index (χ4n) is 1.84. The van der Waals surface area contributed by atoms with Gasteiger partial charge < -0.3 is 4.74 Å². The van der Waals surface area contributed by atoms with Crippen LogP contribution < -0.4 is 0 Å². The number of carbonyl (C=O) groups excluding carboxylic acids is 1. The van der Waals surface area contributed by atoms with Gasteiger partial charge in [0.1, 0.15) is 11.6 Å². The lowest BCUT2D eigenvalue weighted by Crippen LogP contribution is -2.50. The van der Waals surface area contributed by atoms with Crippen molar-refractivity contribution < 1.29 is 9.53 Å². The van der Waals surface area contributed by atoms with Gasteiger partial charge in [0.25, 0.3) is 0 Å². The molecule has 0 saturated carbocycles. The van der Waals surface area contributed by atoms with Gasteiger partial charge in [-0.25, -0.2) is 0 Å². The van der Waals surface area contributed by atoms with Crippen LogP contribution in [0.2, 0.25) is 0 Å². The summed E-state index contributed by atoms with van der Waals surface area (Å²) in [5.74, 6) is 2.11. The molecular formula is C12H23NO2S. The number of nitrogens with zero attached hydrogens (tertiary/aromatic N) is 1. The summed E-state index contributed by atoms with van der Waals surface area (Å²) in [5, 5.41) is 0. The van der Waals surface area contributed by atoms with Crippen molar-refractivity contribution >= 4 is 17.7 Å². The summed E-state index contributed by atoms with van der Waals surface area (Å²) in [7, 11) is 0. The molecule has 2 atom stereocenters. The van der Waals surface area contributed by atoms with Crippen LogP contribution in [0.1, 0.15) is 34.6 Å². The molecule has 2 unspecified atom stereocenters. The molecule has 1 aliphatic rings. The van der Waals surface area contributed by atoms with Gasteiger partial charge in [-0.2, -0.15) is 11.8 Å². The summed E-state index contributed by atoms with van der Waals surface area (Å²) in [4.78, 5) is 14.2. The Hall–Kier alpha value is -0.220. The third-order valence-electron chi connectivity index (χ3n) is 2.66. The standard InChI is InChI=1S/C12H23NO2S/c1-9-8-16-7-6-13(9)10(2)11(14)15-12(3,4)5/h9-10H,6-8H2,1-5H3. The van der Waals surface area contributed by atoms with Crippen LogP contribution in [0.25, 0.3) is 0 Å². The minimum Gasteiger partial charge on any atom is -0.459 e. The molecule has 0 amide bonds. The number of thioether (sulfide) groups is 1. The number of rotatable bonds is 2. The molecule has 1 heterocycles. The first kappa shape index (κ1) is 13.8. The van der Waals surface area contributed by atoms with E-state index in [0.29, 0.717) is 6.04 Å². The number of hydrogen-bond donors (Lipinski definition) is 0. The van der Waals surface area contributed by atoms with Crippen LogP contribution in [0.5, 0.6) is 0 Å². The van der Waals surface area contributed by atoms with Crippen LogP contribution in [0.15, 0.2) is 0 Å². The smallest absolute Gasteiger partial charge is 0.323 e. The van der Waals surface area contributed by atoms with Crippen molar-refractivity contribution in [2.24, 2.45) is 0 Å². The van der Waals surface area contributed by atoms with Gasteiger partial charge in [-0.15, -0.1) is 0 Å². The van der Waals surface area contributed by atoms with Gasteiger partial charge in [0, 0.05) is 24.1 Å². The molecule has 0 radical (unpaired) electrons. The summed E-state index contributed by atoms with van der Waals surface area (Å²) < 4.78 is 5.41. The largest absolute Gasteiger partial charge is 0.459 e. The molecule has 1 rings (SSSR count). The summed E-state index contributed by atoms with van der Waals surface area (Å²) in [5.41, 5.74) is -0.390. The van der Waals surface area contributed by atoms with Crippen molar-refractivity contribution in [3.63, 3.8) is 0 Å². The van der Waals surface area contributed by atoms with Crippen LogP contribution in [0, 0.1) is 0 Å². The molecule has 0 aliphatic carbocycles. The molecule has 4 heteroatoms. The number of ether oxygens (including phenoxy) is 1. The van der Waals surface area contributed by atoms with E-state index >= 15 is 0 Å². The molecule has 94 valence electrons. The second-order valence-corrected chi connectivity index (χ2v) is 6.52. The molecule has 0 spiro atoms. The van der Waals surface area contributed by atoms with E-state index < -0.39 is 0 Å². The summed E-state index contributed by atoms with van der Waals surface area (Å²) in [6, 6.07) is 0.330. The van der Waals surface area contributed by atoms with Crippen LogP contribution in [-0.2, 0) is 9.53 Å². The highest BCUT2D eigenvalue weighted by molar-refractivity contribution is 7.99. The minimum atomic E-state index is -0.390. The minimum absolute atomic E-state index is 0.105. The lowest BCUT2D eigenvalue weighted by Gasteiger charge is -2.37. The van der Waals surface area contributed by atoms with Crippen molar-refractivity contribution in [1.29, 1.82) is 0 Å². The number of hydrogen-bond acceptors (Lipinski definition) is 4. The molecule has 16 heavy (non-hydrogen) atoms. The molecule has 3 nitrogen and oxygen atoms in total.